The number of aliphatic carboxylic acids is 1. The normalized spacial score (nSPS) is 11.1. The lowest BCUT2D eigenvalue weighted by atomic mass is 10.0. The molecule has 1 heterocycles. The van der Waals surface area contributed by atoms with Crippen LogP contribution < -0.4 is 5.43 Å². The van der Waals surface area contributed by atoms with Crippen LogP contribution in [0.5, 0.6) is 0 Å². The zero-order chi connectivity index (χ0) is 14.3. The maximum Gasteiger partial charge on any atom is 0.307 e. The number of rotatable bonds is 2. The minimum absolute atomic E-state index is 0.0234. The Kier molecular flexibility index (Phi) is 3.03. The van der Waals surface area contributed by atoms with E-state index in [-0.39, 0.29) is 11.8 Å². The smallest absolute Gasteiger partial charge is 0.307 e. The predicted octanol–water partition coefficient (Wildman–Crippen LogP) is 3.35. The molecule has 0 saturated heterocycles. The molecule has 0 fully saturated rings. The molecule has 20 heavy (non-hydrogen) atoms. The maximum absolute atomic E-state index is 12.5. The van der Waals surface area contributed by atoms with Gasteiger partial charge in [-0.25, -0.2) is 0 Å². The summed E-state index contributed by atoms with van der Waals surface area (Å²) >= 11 is 1.57. The van der Waals surface area contributed by atoms with Gasteiger partial charge in [0.05, 0.1) is 6.42 Å². The molecular formula is C16H12O3S. The summed E-state index contributed by atoms with van der Waals surface area (Å²) in [5.74, 6) is -0.888. The first-order valence-electron chi connectivity index (χ1n) is 6.23. The molecule has 3 aromatic rings. The Bertz CT molecular complexity index is 893. The Morgan fingerprint density at radius 1 is 1.20 bits per heavy atom. The second kappa shape index (κ2) is 4.72. The van der Waals surface area contributed by atoms with E-state index in [1.54, 1.807) is 17.4 Å². The number of carboxylic acid groups (broad SMARTS) is 1. The van der Waals surface area contributed by atoms with Crippen molar-refractivity contribution in [3.63, 3.8) is 0 Å². The average molecular weight is 284 g/mol. The van der Waals surface area contributed by atoms with Gasteiger partial charge < -0.3 is 5.11 Å². The number of carbonyl (C=O) groups is 1. The number of hydrogen-bond acceptors (Lipinski definition) is 3. The van der Waals surface area contributed by atoms with Crippen LogP contribution in [0.1, 0.15) is 11.1 Å². The Morgan fingerprint density at radius 3 is 2.70 bits per heavy atom. The van der Waals surface area contributed by atoms with Crippen molar-refractivity contribution >= 4 is 37.5 Å². The third kappa shape index (κ3) is 2.08. The van der Waals surface area contributed by atoms with Crippen LogP contribution in [0.25, 0.3) is 20.2 Å². The number of benzene rings is 2. The van der Waals surface area contributed by atoms with Crippen LogP contribution >= 0.6 is 11.3 Å². The molecule has 100 valence electrons. The number of fused-ring (bicyclic) bond motifs is 2. The predicted molar refractivity (Wildman–Crippen MR) is 81.7 cm³/mol. The summed E-state index contributed by atoms with van der Waals surface area (Å²) in [6.07, 6.45) is -0.0618. The summed E-state index contributed by atoms with van der Waals surface area (Å²) in [4.78, 5) is 23.4. The molecule has 0 spiro atoms. The van der Waals surface area contributed by atoms with Crippen LogP contribution in [0.15, 0.2) is 41.2 Å². The van der Waals surface area contributed by atoms with Crippen molar-refractivity contribution in [3.8, 4) is 0 Å². The van der Waals surface area contributed by atoms with E-state index in [9.17, 15) is 9.59 Å². The summed E-state index contributed by atoms with van der Waals surface area (Å²) in [6.45, 7) is 1.92. The van der Waals surface area contributed by atoms with Crippen molar-refractivity contribution in [2.24, 2.45) is 0 Å². The Morgan fingerprint density at radius 2 is 1.95 bits per heavy atom. The second-order valence-electron chi connectivity index (χ2n) is 4.79. The first-order chi connectivity index (χ1) is 9.56. The largest absolute Gasteiger partial charge is 0.481 e. The molecule has 0 aliphatic heterocycles. The maximum atomic E-state index is 12.5. The molecule has 1 N–H and O–H groups in total. The van der Waals surface area contributed by atoms with E-state index in [0.717, 1.165) is 15.0 Å². The van der Waals surface area contributed by atoms with Gasteiger partial charge in [0, 0.05) is 20.2 Å². The van der Waals surface area contributed by atoms with Gasteiger partial charge in [0.15, 0.2) is 5.43 Å². The summed E-state index contributed by atoms with van der Waals surface area (Å²) in [5, 5.41) is 10.2. The Hall–Kier alpha value is -2.20. The molecule has 3 nitrogen and oxygen atoms in total. The highest BCUT2D eigenvalue weighted by molar-refractivity contribution is 7.24. The molecule has 0 aliphatic carbocycles. The topological polar surface area (TPSA) is 54.4 Å². The molecular weight excluding hydrogens is 272 g/mol. The van der Waals surface area contributed by atoms with E-state index < -0.39 is 5.97 Å². The number of aryl methyl sites for hydroxylation is 1. The molecule has 0 radical (unpaired) electrons. The van der Waals surface area contributed by atoms with Gasteiger partial charge in [0.1, 0.15) is 0 Å². The first kappa shape index (κ1) is 12.8. The van der Waals surface area contributed by atoms with Crippen molar-refractivity contribution in [2.75, 3.05) is 0 Å². The van der Waals surface area contributed by atoms with Crippen molar-refractivity contribution in [2.45, 2.75) is 13.3 Å². The molecule has 4 heteroatoms. The van der Waals surface area contributed by atoms with E-state index in [0.29, 0.717) is 16.3 Å². The van der Waals surface area contributed by atoms with Gasteiger partial charge >= 0.3 is 5.97 Å². The Labute approximate surface area is 119 Å². The zero-order valence-corrected chi connectivity index (χ0v) is 11.7. The quantitative estimate of drug-likeness (QED) is 0.734. The monoisotopic (exact) mass is 284 g/mol. The van der Waals surface area contributed by atoms with Crippen LogP contribution in [-0.4, -0.2) is 11.1 Å². The standard InChI is InChI=1S/C16H12O3S/c1-9-6-10(8-14(17)18)7-12-15(19)11-4-2-3-5-13(11)20-16(9)12/h2-7H,8H2,1H3,(H,17,18). The lowest BCUT2D eigenvalue weighted by Crippen LogP contribution is -2.05. The van der Waals surface area contributed by atoms with Crippen LogP contribution in [0.3, 0.4) is 0 Å². The molecule has 0 aliphatic rings. The third-order valence-corrected chi connectivity index (χ3v) is 4.60. The highest BCUT2D eigenvalue weighted by Crippen LogP contribution is 2.28. The molecule has 0 amide bonds. The number of hydrogen-bond donors (Lipinski definition) is 1. The third-order valence-electron chi connectivity index (χ3n) is 3.28. The molecule has 0 atom stereocenters. The van der Waals surface area contributed by atoms with E-state index in [4.69, 9.17) is 5.11 Å². The van der Waals surface area contributed by atoms with E-state index in [1.807, 2.05) is 37.3 Å². The van der Waals surface area contributed by atoms with Crippen LogP contribution in [0, 0.1) is 6.92 Å². The molecule has 2 aromatic carbocycles. The summed E-state index contributed by atoms with van der Waals surface area (Å²) in [7, 11) is 0. The highest BCUT2D eigenvalue weighted by atomic mass is 32.1. The first-order valence-corrected chi connectivity index (χ1v) is 7.05. The van der Waals surface area contributed by atoms with Gasteiger partial charge in [-0.2, -0.15) is 0 Å². The fraction of sp³-hybridized carbons (Fsp3) is 0.125. The van der Waals surface area contributed by atoms with Gasteiger partial charge in [-0.3, -0.25) is 9.59 Å². The van der Waals surface area contributed by atoms with Crippen molar-refractivity contribution in [3.05, 3.63) is 57.7 Å². The minimum Gasteiger partial charge on any atom is -0.481 e. The van der Waals surface area contributed by atoms with Crippen LogP contribution in [-0.2, 0) is 11.2 Å². The van der Waals surface area contributed by atoms with Gasteiger partial charge in [0.2, 0.25) is 0 Å². The fourth-order valence-electron chi connectivity index (χ4n) is 2.43. The second-order valence-corrected chi connectivity index (χ2v) is 5.84. The molecule has 3 rings (SSSR count). The summed E-state index contributed by atoms with van der Waals surface area (Å²) in [6, 6.07) is 11.1. The lowest BCUT2D eigenvalue weighted by Gasteiger charge is -2.06. The summed E-state index contributed by atoms with van der Waals surface area (Å²) < 4.78 is 1.89. The van der Waals surface area contributed by atoms with E-state index in [2.05, 4.69) is 0 Å². The van der Waals surface area contributed by atoms with Gasteiger partial charge in [0.25, 0.3) is 0 Å². The summed E-state index contributed by atoms with van der Waals surface area (Å²) in [5.41, 5.74) is 1.60. The van der Waals surface area contributed by atoms with Crippen LogP contribution in [0.4, 0.5) is 0 Å². The van der Waals surface area contributed by atoms with Crippen molar-refractivity contribution in [1.82, 2.24) is 0 Å². The van der Waals surface area contributed by atoms with Gasteiger partial charge in [-0.15, -0.1) is 11.3 Å². The van der Waals surface area contributed by atoms with Gasteiger partial charge in [-0.05, 0) is 36.2 Å². The Balaban J connectivity index is 2.40. The van der Waals surface area contributed by atoms with Crippen molar-refractivity contribution < 1.29 is 9.90 Å². The molecule has 0 bridgehead atoms. The lowest BCUT2D eigenvalue weighted by molar-refractivity contribution is -0.136. The van der Waals surface area contributed by atoms with E-state index in [1.165, 1.54) is 0 Å². The SMILES string of the molecule is Cc1cc(CC(=O)O)cc2c(=O)c3ccccc3sc12. The molecule has 0 saturated carbocycles. The average Bonchev–Trinajstić information content (AvgIpc) is 2.40. The fourth-order valence-corrected chi connectivity index (χ4v) is 3.55. The number of carboxylic acids is 1. The molecule has 0 unspecified atom stereocenters. The minimum atomic E-state index is -0.888. The highest BCUT2D eigenvalue weighted by Gasteiger charge is 2.10. The molecule has 1 aromatic heterocycles. The van der Waals surface area contributed by atoms with Crippen LogP contribution in [0.2, 0.25) is 0 Å². The van der Waals surface area contributed by atoms with Gasteiger partial charge in [-0.1, -0.05) is 18.2 Å². The van der Waals surface area contributed by atoms with Crippen molar-refractivity contribution in [1.29, 1.82) is 0 Å². The van der Waals surface area contributed by atoms with E-state index >= 15 is 0 Å². The zero-order valence-electron chi connectivity index (χ0n) is 10.8.